The minimum absolute atomic E-state index is 2.11. The molecule has 1 nitrogen and oxygen atoms in total. The summed E-state index contributed by atoms with van der Waals surface area (Å²) in [5, 5.41) is 0. The van der Waals surface area contributed by atoms with Crippen molar-refractivity contribution in [1.29, 1.82) is 0 Å². The summed E-state index contributed by atoms with van der Waals surface area (Å²) in [5.41, 5.74) is -3.72. The van der Waals surface area contributed by atoms with Gasteiger partial charge in [0.2, 0.25) is 17.4 Å². The molecule has 0 radical (unpaired) electrons. The van der Waals surface area contributed by atoms with Crippen LogP contribution in [-0.2, 0) is 5.92 Å². The second kappa shape index (κ2) is 5.79. The van der Waals surface area contributed by atoms with Crippen LogP contribution in [0.3, 0.4) is 0 Å². The van der Waals surface area contributed by atoms with Crippen LogP contribution >= 0.6 is 0 Å². The van der Waals surface area contributed by atoms with Gasteiger partial charge in [0, 0.05) is 4.53 Å². The van der Waals surface area contributed by atoms with Gasteiger partial charge in [-0.1, -0.05) is 0 Å². The van der Waals surface area contributed by atoms with E-state index >= 15 is 0 Å². The monoisotopic (exact) mass is 402 g/mol. The van der Waals surface area contributed by atoms with Crippen molar-refractivity contribution in [2.75, 3.05) is 0 Å². The van der Waals surface area contributed by atoms with Crippen molar-refractivity contribution < 1.29 is 66.5 Å². The van der Waals surface area contributed by atoms with E-state index < -0.39 is 58.5 Å². The molecule has 15 heteroatoms. The van der Waals surface area contributed by atoms with Gasteiger partial charge in [-0.05, 0) is 0 Å². The van der Waals surface area contributed by atoms with Gasteiger partial charge in [-0.15, -0.1) is 0 Å². The van der Waals surface area contributed by atoms with Crippen LogP contribution < -0.4 is 4.94 Å². The fourth-order valence-electron chi connectivity index (χ4n) is 1.50. The van der Waals surface area contributed by atoms with E-state index in [-0.39, 0.29) is 0 Å². The summed E-state index contributed by atoms with van der Waals surface area (Å²) in [6.07, 6.45) is -7.34. The molecule has 0 aliphatic heterocycles. The molecule has 0 saturated carbocycles. The molecule has 0 aliphatic carbocycles. The zero-order valence-corrected chi connectivity index (χ0v) is 10.7. The van der Waals surface area contributed by atoms with Gasteiger partial charge in [0.25, 0.3) is 0 Å². The predicted octanol–water partition coefficient (Wildman–Crippen LogP) is 5.43. The molecule has 0 bridgehead atoms. The molecule has 0 spiro atoms. The third kappa shape index (κ3) is 2.72. The van der Waals surface area contributed by atoms with Crippen LogP contribution in [0.1, 0.15) is 5.56 Å². The highest BCUT2D eigenvalue weighted by molar-refractivity contribution is 5.42. The Kier molecular flexibility index (Phi) is 4.89. The van der Waals surface area contributed by atoms with E-state index in [1.54, 1.807) is 0 Å². The van der Waals surface area contributed by atoms with Crippen LogP contribution in [0.25, 0.3) is 0 Å². The summed E-state index contributed by atoms with van der Waals surface area (Å²) in [4.78, 5) is 2.11. The van der Waals surface area contributed by atoms with E-state index in [0.717, 1.165) is 0 Å². The molecule has 25 heavy (non-hydrogen) atoms. The Hall–Kier alpha value is -1.96. The first kappa shape index (κ1) is 21.1. The second-order valence-corrected chi connectivity index (χ2v) is 4.26. The third-order valence-corrected chi connectivity index (χ3v) is 2.76. The Morgan fingerprint density at radius 2 is 0.960 bits per heavy atom. The molecule has 1 aromatic carbocycles. The van der Waals surface area contributed by atoms with Crippen LogP contribution in [0.15, 0.2) is 0 Å². The molecule has 0 aromatic heterocycles. The topological polar surface area (TPSA) is 9.23 Å². The highest BCUT2D eigenvalue weighted by Gasteiger charge is 2.83. The number of hydrogen-bond donors (Lipinski definition) is 0. The summed E-state index contributed by atoms with van der Waals surface area (Å²) in [7, 11) is 0. The highest BCUT2D eigenvalue weighted by Crippen LogP contribution is 2.58. The number of rotatable bonds is 4. The lowest BCUT2D eigenvalue weighted by Crippen LogP contribution is -2.59. The predicted molar refractivity (Wildman–Crippen MR) is 47.9 cm³/mol. The van der Waals surface area contributed by atoms with Crippen molar-refractivity contribution in [2.45, 2.75) is 23.9 Å². The average molecular weight is 402 g/mol. The molecule has 0 heterocycles. The molecule has 144 valence electrons. The van der Waals surface area contributed by atoms with Gasteiger partial charge < -0.3 is 0 Å². The summed E-state index contributed by atoms with van der Waals surface area (Å²) in [5.74, 6) is -38.7. The first-order chi connectivity index (χ1) is 11.0. The lowest BCUT2D eigenvalue weighted by molar-refractivity contribution is -0.400. The SMILES string of the molecule is FOc1c(F)c(F)c(F)c(F)c1C(F)(F)C(F)(F)C(F)(F)C(F)(F)F. The smallest absolute Gasteiger partial charge is 0.290 e. The van der Waals surface area contributed by atoms with Gasteiger partial charge in [-0.3, -0.25) is 4.94 Å². The maximum absolute atomic E-state index is 13.5. The number of hydrogen-bond acceptors (Lipinski definition) is 1. The minimum atomic E-state index is -7.59. The average Bonchev–Trinajstić information content (AvgIpc) is 2.46. The molecular formula is C10F14O. The van der Waals surface area contributed by atoms with Gasteiger partial charge in [0.15, 0.2) is 11.6 Å². The third-order valence-electron chi connectivity index (χ3n) is 2.76. The van der Waals surface area contributed by atoms with Crippen molar-refractivity contribution in [1.82, 2.24) is 0 Å². The van der Waals surface area contributed by atoms with Gasteiger partial charge in [0.1, 0.15) is 5.56 Å². The van der Waals surface area contributed by atoms with Crippen LogP contribution in [0.5, 0.6) is 5.75 Å². The molecule has 1 rings (SSSR count). The maximum atomic E-state index is 13.5. The summed E-state index contributed by atoms with van der Waals surface area (Å²) >= 11 is 0. The summed E-state index contributed by atoms with van der Waals surface area (Å²) < 4.78 is 178. The molecular weight excluding hydrogens is 402 g/mol. The standard InChI is InChI=1S/C10F14O/c11-2-1(6(25-24)5(14)4(13)3(2)12)7(15,16)8(17,18)9(19,20)10(21,22)23. The second-order valence-electron chi connectivity index (χ2n) is 4.26. The highest BCUT2D eigenvalue weighted by atomic mass is 19.4. The van der Waals surface area contributed by atoms with E-state index in [9.17, 15) is 61.6 Å². The van der Waals surface area contributed by atoms with Crippen molar-refractivity contribution in [3.8, 4) is 5.75 Å². The lowest BCUT2D eigenvalue weighted by Gasteiger charge is -2.34. The van der Waals surface area contributed by atoms with Crippen molar-refractivity contribution >= 4 is 0 Å². The largest absolute Gasteiger partial charge is 0.460 e. The molecule has 0 fully saturated rings. The van der Waals surface area contributed by atoms with Crippen LogP contribution in [-0.4, -0.2) is 18.0 Å². The van der Waals surface area contributed by atoms with E-state index in [1.165, 1.54) is 0 Å². The number of benzene rings is 1. The molecule has 0 N–H and O–H groups in total. The normalized spacial score (nSPS) is 14.0. The van der Waals surface area contributed by atoms with Gasteiger partial charge in [-0.2, -0.15) is 43.9 Å². The molecule has 0 atom stereocenters. The first-order valence-electron chi connectivity index (χ1n) is 5.32. The zero-order chi connectivity index (χ0) is 20.2. The maximum Gasteiger partial charge on any atom is 0.460 e. The van der Waals surface area contributed by atoms with E-state index in [2.05, 4.69) is 4.94 Å². The van der Waals surface area contributed by atoms with Crippen molar-refractivity contribution in [2.24, 2.45) is 0 Å². The van der Waals surface area contributed by atoms with Gasteiger partial charge in [-0.25, -0.2) is 13.2 Å². The molecule has 0 saturated heterocycles. The van der Waals surface area contributed by atoms with Crippen LogP contribution in [0, 0.1) is 23.3 Å². The van der Waals surface area contributed by atoms with Gasteiger partial charge >= 0.3 is 23.9 Å². The Balaban J connectivity index is 3.87. The minimum Gasteiger partial charge on any atom is -0.290 e. The zero-order valence-electron chi connectivity index (χ0n) is 10.7. The lowest BCUT2D eigenvalue weighted by atomic mass is 9.95. The van der Waals surface area contributed by atoms with Gasteiger partial charge in [0.05, 0.1) is 0 Å². The molecule has 1 aromatic rings. The quantitative estimate of drug-likeness (QED) is 0.371. The van der Waals surface area contributed by atoms with Crippen molar-refractivity contribution in [3.05, 3.63) is 28.8 Å². The molecule has 0 amide bonds. The number of halogens is 14. The molecule has 0 unspecified atom stereocenters. The van der Waals surface area contributed by atoms with Crippen LogP contribution in [0.2, 0.25) is 0 Å². The Bertz CT molecular complexity index is 675. The molecule has 0 aliphatic rings. The van der Waals surface area contributed by atoms with E-state index in [1.807, 2.05) is 0 Å². The first-order valence-corrected chi connectivity index (χ1v) is 5.32. The summed E-state index contributed by atoms with van der Waals surface area (Å²) in [6, 6.07) is 0. The fourth-order valence-corrected chi connectivity index (χ4v) is 1.50. The Morgan fingerprint density at radius 1 is 0.560 bits per heavy atom. The fraction of sp³-hybridized carbons (Fsp3) is 0.400. The summed E-state index contributed by atoms with van der Waals surface area (Å²) in [6.45, 7) is 0. The Labute approximate surface area is 126 Å². The van der Waals surface area contributed by atoms with Crippen LogP contribution in [0.4, 0.5) is 61.6 Å². The van der Waals surface area contributed by atoms with Crippen molar-refractivity contribution in [3.63, 3.8) is 0 Å². The number of alkyl halides is 9. The van der Waals surface area contributed by atoms with E-state index in [0.29, 0.717) is 0 Å². The Morgan fingerprint density at radius 3 is 1.32 bits per heavy atom. The van der Waals surface area contributed by atoms with E-state index in [4.69, 9.17) is 0 Å².